The van der Waals surface area contributed by atoms with Crippen LogP contribution in [0, 0.1) is 5.41 Å². The van der Waals surface area contributed by atoms with Crippen molar-refractivity contribution in [2.24, 2.45) is 5.41 Å². The van der Waals surface area contributed by atoms with Crippen LogP contribution < -0.4 is 10.2 Å². The largest absolute Gasteiger partial charge is 0.371 e. The van der Waals surface area contributed by atoms with E-state index in [2.05, 4.69) is 49.2 Å². The summed E-state index contributed by atoms with van der Waals surface area (Å²) in [6.45, 7) is 11.1. The number of benzene rings is 1. The van der Waals surface area contributed by atoms with E-state index in [-0.39, 0.29) is 0 Å². The van der Waals surface area contributed by atoms with E-state index in [9.17, 15) is 0 Å². The molecule has 1 saturated heterocycles. The van der Waals surface area contributed by atoms with E-state index < -0.39 is 0 Å². The fraction of sp³-hybridized carbons (Fsp3) is 0.667. The molecule has 1 N–H and O–H groups in total. The van der Waals surface area contributed by atoms with Crippen LogP contribution in [0.25, 0.3) is 0 Å². The van der Waals surface area contributed by atoms with Crippen molar-refractivity contribution in [2.45, 2.75) is 53.0 Å². The quantitative estimate of drug-likeness (QED) is 0.755. The van der Waals surface area contributed by atoms with Crippen molar-refractivity contribution in [3.05, 3.63) is 28.8 Å². The molecule has 2 nitrogen and oxygen atoms in total. The van der Waals surface area contributed by atoms with Gasteiger partial charge < -0.3 is 10.2 Å². The predicted molar refractivity (Wildman–Crippen MR) is 93.3 cm³/mol. The summed E-state index contributed by atoms with van der Waals surface area (Å²) in [5.74, 6) is 0. The lowest BCUT2D eigenvalue weighted by atomic mass is 9.78. The fourth-order valence-electron chi connectivity index (χ4n) is 2.93. The lowest BCUT2D eigenvalue weighted by molar-refractivity contribution is 0.238. The van der Waals surface area contributed by atoms with Gasteiger partial charge in [-0.05, 0) is 48.9 Å². The molecule has 0 saturated carbocycles. The standard InChI is InChI=1S/C18H29ClN2/c1-4-10-20-14-15-6-7-16(13-17(15)19)21-11-8-18(3,5-2)9-12-21/h6-7,13,20H,4-5,8-12,14H2,1-3H3. The van der Waals surface area contributed by atoms with E-state index >= 15 is 0 Å². The molecule has 0 bridgehead atoms. The van der Waals surface area contributed by atoms with Crippen molar-refractivity contribution in [1.82, 2.24) is 5.32 Å². The average Bonchev–Trinajstić information content (AvgIpc) is 2.50. The van der Waals surface area contributed by atoms with Gasteiger partial charge in [-0.3, -0.25) is 0 Å². The Morgan fingerprint density at radius 2 is 1.95 bits per heavy atom. The van der Waals surface area contributed by atoms with Gasteiger partial charge in [-0.2, -0.15) is 0 Å². The molecule has 1 aromatic carbocycles. The zero-order valence-electron chi connectivity index (χ0n) is 13.7. The lowest BCUT2D eigenvalue weighted by Crippen LogP contribution is -2.38. The summed E-state index contributed by atoms with van der Waals surface area (Å²) in [6.07, 6.45) is 4.99. The van der Waals surface area contributed by atoms with Crippen LogP contribution in [0.5, 0.6) is 0 Å². The minimum Gasteiger partial charge on any atom is -0.371 e. The van der Waals surface area contributed by atoms with Gasteiger partial charge in [0.25, 0.3) is 0 Å². The number of halogens is 1. The van der Waals surface area contributed by atoms with Gasteiger partial charge in [0.1, 0.15) is 0 Å². The van der Waals surface area contributed by atoms with E-state index in [1.54, 1.807) is 0 Å². The Balaban J connectivity index is 1.97. The van der Waals surface area contributed by atoms with Crippen molar-refractivity contribution >= 4 is 17.3 Å². The summed E-state index contributed by atoms with van der Waals surface area (Å²) < 4.78 is 0. The highest BCUT2D eigenvalue weighted by molar-refractivity contribution is 6.31. The molecule has 0 aromatic heterocycles. The first-order chi connectivity index (χ1) is 10.1. The monoisotopic (exact) mass is 308 g/mol. The number of hydrogen-bond donors (Lipinski definition) is 1. The molecule has 1 aromatic rings. The molecular weight excluding hydrogens is 280 g/mol. The predicted octanol–water partition coefficient (Wildman–Crippen LogP) is 4.86. The zero-order valence-corrected chi connectivity index (χ0v) is 14.5. The molecule has 1 fully saturated rings. The van der Waals surface area contributed by atoms with Crippen LogP contribution in [0.4, 0.5) is 5.69 Å². The summed E-state index contributed by atoms with van der Waals surface area (Å²) in [5.41, 5.74) is 3.01. The first kappa shape index (κ1) is 16.6. The van der Waals surface area contributed by atoms with Gasteiger partial charge in [-0.15, -0.1) is 0 Å². The minimum atomic E-state index is 0.532. The van der Waals surface area contributed by atoms with E-state index in [4.69, 9.17) is 11.6 Å². The van der Waals surface area contributed by atoms with Crippen LogP contribution in [-0.4, -0.2) is 19.6 Å². The maximum atomic E-state index is 6.44. The van der Waals surface area contributed by atoms with Crippen LogP contribution in [-0.2, 0) is 6.54 Å². The zero-order chi connectivity index (χ0) is 15.3. The van der Waals surface area contributed by atoms with E-state index in [0.717, 1.165) is 37.6 Å². The van der Waals surface area contributed by atoms with Gasteiger partial charge in [-0.25, -0.2) is 0 Å². The molecule has 21 heavy (non-hydrogen) atoms. The van der Waals surface area contributed by atoms with Crippen LogP contribution in [0.15, 0.2) is 18.2 Å². The summed E-state index contributed by atoms with van der Waals surface area (Å²) in [5, 5.41) is 4.30. The smallest absolute Gasteiger partial charge is 0.0471 e. The molecule has 0 aliphatic carbocycles. The maximum Gasteiger partial charge on any atom is 0.0471 e. The van der Waals surface area contributed by atoms with Gasteiger partial charge in [-0.1, -0.05) is 44.9 Å². The Morgan fingerprint density at radius 3 is 2.52 bits per heavy atom. The van der Waals surface area contributed by atoms with Crippen molar-refractivity contribution in [1.29, 1.82) is 0 Å². The molecule has 1 heterocycles. The molecule has 3 heteroatoms. The number of nitrogens with one attached hydrogen (secondary N) is 1. The third-order valence-electron chi connectivity index (χ3n) is 4.97. The number of anilines is 1. The number of nitrogens with zero attached hydrogens (tertiary/aromatic N) is 1. The van der Waals surface area contributed by atoms with Gasteiger partial charge in [0.05, 0.1) is 0 Å². The highest BCUT2D eigenvalue weighted by Crippen LogP contribution is 2.36. The Kier molecular flexibility index (Phi) is 5.95. The second-order valence-corrected chi connectivity index (χ2v) is 7.01. The molecule has 0 spiro atoms. The Hall–Kier alpha value is -0.730. The molecule has 2 rings (SSSR count). The molecule has 0 atom stereocenters. The first-order valence-corrected chi connectivity index (χ1v) is 8.70. The fourth-order valence-corrected chi connectivity index (χ4v) is 3.18. The second kappa shape index (κ2) is 7.51. The molecule has 1 aliphatic heterocycles. The third-order valence-corrected chi connectivity index (χ3v) is 5.32. The average molecular weight is 309 g/mol. The van der Waals surface area contributed by atoms with Gasteiger partial charge >= 0.3 is 0 Å². The highest BCUT2D eigenvalue weighted by atomic mass is 35.5. The Morgan fingerprint density at radius 1 is 1.24 bits per heavy atom. The van der Waals surface area contributed by atoms with Crippen LogP contribution >= 0.6 is 11.6 Å². The van der Waals surface area contributed by atoms with E-state index in [1.165, 1.54) is 30.5 Å². The van der Waals surface area contributed by atoms with Gasteiger partial charge in [0.2, 0.25) is 0 Å². The number of piperidine rings is 1. The Bertz CT molecular complexity index is 451. The third kappa shape index (κ3) is 4.37. The van der Waals surface area contributed by atoms with E-state index in [1.807, 2.05) is 0 Å². The van der Waals surface area contributed by atoms with Crippen molar-refractivity contribution in [2.75, 3.05) is 24.5 Å². The lowest BCUT2D eigenvalue weighted by Gasteiger charge is -2.40. The number of hydrogen-bond acceptors (Lipinski definition) is 2. The summed E-state index contributed by atoms with van der Waals surface area (Å²) >= 11 is 6.44. The summed E-state index contributed by atoms with van der Waals surface area (Å²) in [4.78, 5) is 2.48. The summed E-state index contributed by atoms with van der Waals surface area (Å²) in [7, 11) is 0. The van der Waals surface area contributed by atoms with Crippen molar-refractivity contribution in [3.63, 3.8) is 0 Å². The van der Waals surface area contributed by atoms with Crippen molar-refractivity contribution < 1.29 is 0 Å². The van der Waals surface area contributed by atoms with Gasteiger partial charge in [0, 0.05) is 30.3 Å². The maximum absolute atomic E-state index is 6.44. The Labute approximate surface area is 134 Å². The second-order valence-electron chi connectivity index (χ2n) is 6.60. The highest BCUT2D eigenvalue weighted by Gasteiger charge is 2.28. The molecule has 118 valence electrons. The molecule has 1 aliphatic rings. The molecular formula is C18H29ClN2. The summed E-state index contributed by atoms with van der Waals surface area (Å²) in [6, 6.07) is 6.54. The van der Waals surface area contributed by atoms with Crippen LogP contribution in [0.1, 0.15) is 52.0 Å². The SMILES string of the molecule is CCCNCc1ccc(N2CCC(C)(CC)CC2)cc1Cl. The van der Waals surface area contributed by atoms with Crippen LogP contribution in [0.2, 0.25) is 5.02 Å². The van der Waals surface area contributed by atoms with Crippen molar-refractivity contribution in [3.8, 4) is 0 Å². The molecule has 0 radical (unpaired) electrons. The van der Waals surface area contributed by atoms with E-state index in [0.29, 0.717) is 5.41 Å². The van der Waals surface area contributed by atoms with Gasteiger partial charge in [0.15, 0.2) is 0 Å². The molecule has 0 amide bonds. The first-order valence-electron chi connectivity index (χ1n) is 8.32. The number of rotatable bonds is 6. The molecule has 0 unspecified atom stereocenters. The normalized spacial score (nSPS) is 18.0. The topological polar surface area (TPSA) is 15.3 Å². The minimum absolute atomic E-state index is 0.532. The van der Waals surface area contributed by atoms with Crippen LogP contribution in [0.3, 0.4) is 0 Å².